The van der Waals surface area contributed by atoms with Gasteiger partial charge in [-0.05, 0) is 12.0 Å². The minimum Gasteiger partial charge on any atom is -0.396 e. The maximum Gasteiger partial charge on any atom is 0.252 e. The summed E-state index contributed by atoms with van der Waals surface area (Å²) in [7, 11) is 0. The third-order valence-electron chi connectivity index (χ3n) is 2.65. The van der Waals surface area contributed by atoms with Crippen LogP contribution in [0.5, 0.6) is 0 Å². The number of hydrogen-bond acceptors (Lipinski definition) is 3. The molecule has 0 bridgehead atoms. The number of benzene rings is 1. The van der Waals surface area contributed by atoms with Gasteiger partial charge in [0.05, 0.1) is 5.56 Å². The summed E-state index contributed by atoms with van der Waals surface area (Å²) >= 11 is 1.57. The van der Waals surface area contributed by atoms with E-state index in [1.807, 2.05) is 36.6 Å². The molecule has 1 heterocycles. The molecular weight excluding hydrogens is 234 g/mol. The van der Waals surface area contributed by atoms with E-state index >= 15 is 0 Å². The fourth-order valence-corrected chi connectivity index (χ4v) is 2.52. The molecule has 0 saturated heterocycles. The van der Waals surface area contributed by atoms with E-state index in [9.17, 15) is 4.79 Å². The average molecular weight is 249 g/mol. The van der Waals surface area contributed by atoms with Gasteiger partial charge >= 0.3 is 0 Å². The summed E-state index contributed by atoms with van der Waals surface area (Å²) in [6.45, 7) is 2.48. The summed E-state index contributed by atoms with van der Waals surface area (Å²) in [5.41, 5.74) is 0.718. The Bertz CT molecular complexity index is 521. The second kappa shape index (κ2) is 5.29. The fraction of sp³-hybridized carbons (Fsp3) is 0.308. The standard InChI is InChI=1S/C13H15NO2S/c1-9(7-15)6-14-13(16)11-8-17-12-5-3-2-4-10(11)12/h2-5,8-9,15H,6-7H2,1H3,(H,14,16). The van der Waals surface area contributed by atoms with Gasteiger partial charge in [-0.2, -0.15) is 0 Å². The predicted octanol–water partition coefficient (Wildman–Crippen LogP) is 2.26. The van der Waals surface area contributed by atoms with Crippen molar-refractivity contribution < 1.29 is 9.90 Å². The molecule has 1 amide bonds. The fourth-order valence-electron chi connectivity index (χ4n) is 1.58. The molecule has 0 saturated carbocycles. The summed E-state index contributed by atoms with van der Waals surface area (Å²) in [5, 5.41) is 14.6. The second-order valence-electron chi connectivity index (χ2n) is 4.14. The van der Waals surface area contributed by atoms with Gasteiger partial charge in [0.1, 0.15) is 0 Å². The number of fused-ring (bicyclic) bond motifs is 1. The van der Waals surface area contributed by atoms with Crippen LogP contribution in [-0.4, -0.2) is 24.2 Å². The number of hydrogen-bond donors (Lipinski definition) is 2. The van der Waals surface area contributed by atoms with Crippen molar-refractivity contribution in [3.05, 3.63) is 35.2 Å². The van der Waals surface area contributed by atoms with Crippen LogP contribution < -0.4 is 5.32 Å². The second-order valence-corrected chi connectivity index (χ2v) is 5.05. The Hall–Kier alpha value is -1.39. The summed E-state index contributed by atoms with van der Waals surface area (Å²) in [5.74, 6) is 0.0200. The van der Waals surface area contributed by atoms with Crippen molar-refractivity contribution >= 4 is 27.3 Å². The average Bonchev–Trinajstić information content (AvgIpc) is 2.79. The predicted molar refractivity (Wildman–Crippen MR) is 70.4 cm³/mol. The molecule has 0 aliphatic carbocycles. The van der Waals surface area contributed by atoms with Crippen LogP contribution in [0.1, 0.15) is 17.3 Å². The van der Waals surface area contributed by atoms with Gasteiger partial charge in [0.15, 0.2) is 0 Å². The molecule has 2 rings (SSSR count). The maximum atomic E-state index is 12.0. The Balaban J connectivity index is 2.14. The molecule has 1 atom stereocenters. The normalized spacial score (nSPS) is 12.6. The molecule has 1 unspecified atom stereocenters. The van der Waals surface area contributed by atoms with Crippen LogP contribution in [0.25, 0.3) is 10.1 Å². The van der Waals surface area contributed by atoms with Crippen LogP contribution in [-0.2, 0) is 0 Å². The topological polar surface area (TPSA) is 49.3 Å². The first kappa shape index (κ1) is 12.1. The number of thiophene rings is 1. The summed E-state index contributed by atoms with van der Waals surface area (Å²) in [6.07, 6.45) is 0. The van der Waals surface area contributed by atoms with Crippen molar-refractivity contribution in [1.29, 1.82) is 0 Å². The smallest absolute Gasteiger partial charge is 0.252 e. The Kier molecular flexibility index (Phi) is 3.76. The number of aliphatic hydroxyl groups excluding tert-OH is 1. The van der Waals surface area contributed by atoms with E-state index in [-0.39, 0.29) is 18.4 Å². The van der Waals surface area contributed by atoms with Gasteiger partial charge in [0.25, 0.3) is 5.91 Å². The number of carbonyl (C=O) groups excluding carboxylic acids is 1. The molecule has 1 aromatic carbocycles. The van der Waals surface area contributed by atoms with Crippen LogP contribution in [0.4, 0.5) is 0 Å². The first-order valence-corrected chi connectivity index (χ1v) is 6.45. The number of nitrogens with one attached hydrogen (secondary N) is 1. The number of carbonyl (C=O) groups is 1. The first-order valence-electron chi connectivity index (χ1n) is 5.57. The van der Waals surface area contributed by atoms with Crippen LogP contribution in [0, 0.1) is 5.92 Å². The van der Waals surface area contributed by atoms with E-state index in [4.69, 9.17) is 5.11 Å². The van der Waals surface area contributed by atoms with E-state index in [0.29, 0.717) is 6.54 Å². The molecule has 2 aromatic rings. The highest BCUT2D eigenvalue weighted by atomic mass is 32.1. The number of rotatable bonds is 4. The number of aliphatic hydroxyl groups is 1. The van der Waals surface area contributed by atoms with Crippen LogP contribution in [0.15, 0.2) is 29.6 Å². The lowest BCUT2D eigenvalue weighted by Gasteiger charge is -2.08. The van der Waals surface area contributed by atoms with Gasteiger partial charge < -0.3 is 10.4 Å². The van der Waals surface area contributed by atoms with Gasteiger partial charge in [-0.15, -0.1) is 11.3 Å². The molecule has 2 N–H and O–H groups in total. The van der Waals surface area contributed by atoms with Gasteiger partial charge in [0.2, 0.25) is 0 Å². The zero-order valence-electron chi connectivity index (χ0n) is 9.64. The molecule has 0 fully saturated rings. The van der Waals surface area contributed by atoms with Crippen molar-refractivity contribution in [2.45, 2.75) is 6.92 Å². The van der Waals surface area contributed by atoms with E-state index < -0.39 is 0 Å². The SMILES string of the molecule is CC(CO)CNC(=O)c1csc2ccccc12. The molecule has 1 aromatic heterocycles. The van der Waals surface area contributed by atoms with Crippen LogP contribution in [0.3, 0.4) is 0 Å². The van der Waals surface area contributed by atoms with E-state index in [0.717, 1.165) is 15.6 Å². The lowest BCUT2D eigenvalue weighted by molar-refractivity contribution is 0.0944. The van der Waals surface area contributed by atoms with Crippen molar-refractivity contribution in [1.82, 2.24) is 5.32 Å². The van der Waals surface area contributed by atoms with Crippen molar-refractivity contribution in [3.8, 4) is 0 Å². The highest BCUT2D eigenvalue weighted by Gasteiger charge is 2.12. The van der Waals surface area contributed by atoms with Crippen molar-refractivity contribution in [3.63, 3.8) is 0 Å². The molecule has 0 aliphatic heterocycles. The molecule has 90 valence electrons. The van der Waals surface area contributed by atoms with Gasteiger partial charge in [-0.1, -0.05) is 25.1 Å². The lowest BCUT2D eigenvalue weighted by Crippen LogP contribution is -2.29. The summed E-state index contributed by atoms with van der Waals surface area (Å²) in [4.78, 5) is 12.0. The molecule has 17 heavy (non-hydrogen) atoms. The van der Waals surface area contributed by atoms with Gasteiger partial charge in [0, 0.05) is 28.6 Å². The molecule has 0 spiro atoms. The van der Waals surface area contributed by atoms with E-state index in [1.165, 1.54) is 0 Å². The van der Waals surface area contributed by atoms with E-state index in [2.05, 4.69) is 5.32 Å². The zero-order chi connectivity index (χ0) is 12.3. The molecular formula is C13H15NO2S. The third-order valence-corrected chi connectivity index (χ3v) is 3.61. The van der Waals surface area contributed by atoms with Crippen LogP contribution >= 0.6 is 11.3 Å². The zero-order valence-corrected chi connectivity index (χ0v) is 10.5. The lowest BCUT2D eigenvalue weighted by atomic mass is 10.1. The highest BCUT2D eigenvalue weighted by Crippen LogP contribution is 2.25. The highest BCUT2D eigenvalue weighted by molar-refractivity contribution is 7.17. The Morgan fingerprint density at radius 2 is 2.24 bits per heavy atom. The summed E-state index contributed by atoms with van der Waals surface area (Å²) in [6, 6.07) is 7.86. The largest absolute Gasteiger partial charge is 0.396 e. The Morgan fingerprint density at radius 1 is 1.47 bits per heavy atom. The van der Waals surface area contributed by atoms with E-state index in [1.54, 1.807) is 11.3 Å². The molecule has 3 nitrogen and oxygen atoms in total. The molecule has 0 aliphatic rings. The van der Waals surface area contributed by atoms with Gasteiger partial charge in [-0.25, -0.2) is 0 Å². The third kappa shape index (κ3) is 2.65. The minimum atomic E-state index is -0.0669. The van der Waals surface area contributed by atoms with Crippen molar-refractivity contribution in [2.24, 2.45) is 5.92 Å². The molecule has 4 heteroatoms. The maximum absolute atomic E-state index is 12.0. The quantitative estimate of drug-likeness (QED) is 0.873. The van der Waals surface area contributed by atoms with Crippen molar-refractivity contribution in [2.75, 3.05) is 13.2 Å². The Labute approximate surface area is 104 Å². The van der Waals surface area contributed by atoms with Crippen LogP contribution in [0.2, 0.25) is 0 Å². The first-order chi connectivity index (χ1) is 8.22. The molecule has 0 radical (unpaired) electrons. The minimum absolute atomic E-state index is 0.0669. The monoisotopic (exact) mass is 249 g/mol. The Morgan fingerprint density at radius 3 is 3.00 bits per heavy atom. The summed E-state index contributed by atoms with van der Waals surface area (Å²) < 4.78 is 1.12. The van der Waals surface area contributed by atoms with Gasteiger partial charge in [-0.3, -0.25) is 4.79 Å². The number of amides is 1.